The molecule has 2 N–H and O–H groups in total. The Morgan fingerprint density at radius 2 is 2.11 bits per heavy atom. The molecule has 2 rings (SSSR count). The van der Waals surface area contributed by atoms with Crippen molar-refractivity contribution in [1.82, 2.24) is 14.9 Å². The molecule has 18 heavy (non-hydrogen) atoms. The summed E-state index contributed by atoms with van der Waals surface area (Å²) in [6.45, 7) is 6.08. The predicted molar refractivity (Wildman–Crippen MR) is 70.0 cm³/mol. The van der Waals surface area contributed by atoms with E-state index < -0.39 is 0 Å². The normalized spacial score (nSPS) is 18.7. The zero-order valence-corrected chi connectivity index (χ0v) is 11.0. The van der Waals surface area contributed by atoms with Crippen LogP contribution in [-0.4, -0.2) is 33.9 Å². The smallest absolute Gasteiger partial charge is 0.274 e. The monoisotopic (exact) mass is 248 g/mol. The minimum atomic E-state index is -0.0621. The van der Waals surface area contributed by atoms with Gasteiger partial charge in [0, 0.05) is 13.1 Å². The number of carbonyl (C=O) groups excluding carboxylic acids is 1. The fourth-order valence-electron chi connectivity index (χ4n) is 2.25. The second-order valence-electron chi connectivity index (χ2n) is 5.29. The number of piperidine rings is 1. The quantitative estimate of drug-likeness (QED) is 0.864. The molecule has 1 aliphatic heterocycles. The van der Waals surface area contributed by atoms with E-state index in [-0.39, 0.29) is 11.7 Å². The van der Waals surface area contributed by atoms with Gasteiger partial charge in [0.2, 0.25) is 0 Å². The second-order valence-corrected chi connectivity index (χ2v) is 5.29. The maximum absolute atomic E-state index is 12.2. The lowest BCUT2D eigenvalue weighted by molar-refractivity contribution is 0.0594. The summed E-state index contributed by atoms with van der Waals surface area (Å²) in [6, 6.07) is 0. The number of likely N-dealkylation sites (tertiary alicyclic amines) is 1. The number of aromatic nitrogens is 2. The van der Waals surface area contributed by atoms with Crippen molar-refractivity contribution in [2.45, 2.75) is 33.1 Å². The van der Waals surface area contributed by atoms with Crippen LogP contribution in [0.2, 0.25) is 0 Å². The minimum absolute atomic E-state index is 0.0621. The van der Waals surface area contributed by atoms with Gasteiger partial charge < -0.3 is 10.6 Å². The molecule has 0 radical (unpaired) electrons. The van der Waals surface area contributed by atoms with Gasteiger partial charge in [-0.05, 0) is 18.3 Å². The molecule has 0 aliphatic carbocycles. The van der Waals surface area contributed by atoms with Crippen LogP contribution >= 0.6 is 0 Å². The Hall–Kier alpha value is -1.65. The zero-order valence-electron chi connectivity index (χ0n) is 11.0. The number of hydrogen-bond donors (Lipinski definition) is 1. The average Bonchev–Trinajstić information content (AvgIpc) is 2.39. The number of nitrogen functional groups attached to an aromatic ring is 1. The molecular weight excluding hydrogens is 228 g/mol. The Labute approximate surface area is 107 Å². The first kappa shape index (κ1) is 12.8. The first-order valence-corrected chi connectivity index (χ1v) is 6.41. The number of rotatable bonds is 2. The molecule has 2 heterocycles. The molecule has 0 saturated carbocycles. The van der Waals surface area contributed by atoms with Crippen molar-refractivity contribution in [2.24, 2.45) is 5.41 Å². The van der Waals surface area contributed by atoms with E-state index in [4.69, 9.17) is 5.73 Å². The predicted octanol–water partition coefficient (Wildman–Crippen LogP) is 1.71. The van der Waals surface area contributed by atoms with E-state index >= 15 is 0 Å². The van der Waals surface area contributed by atoms with Gasteiger partial charge in [-0.2, -0.15) is 0 Å². The molecule has 5 heteroatoms. The molecule has 1 aromatic rings. The molecule has 1 saturated heterocycles. The maximum atomic E-state index is 12.2. The fraction of sp³-hybridized carbons (Fsp3) is 0.615. The molecule has 0 aromatic carbocycles. The number of nitrogens with zero attached hydrogens (tertiary/aromatic N) is 3. The molecular formula is C13H20N4O. The minimum Gasteiger partial charge on any atom is -0.382 e. The van der Waals surface area contributed by atoms with Crippen LogP contribution in [0, 0.1) is 5.41 Å². The van der Waals surface area contributed by atoms with E-state index in [9.17, 15) is 4.79 Å². The third-order valence-electron chi connectivity index (χ3n) is 3.98. The third kappa shape index (κ3) is 2.60. The van der Waals surface area contributed by atoms with Gasteiger partial charge in [-0.3, -0.25) is 9.78 Å². The summed E-state index contributed by atoms with van der Waals surface area (Å²) in [5, 5.41) is 0. The van der Waals surface area contributed by atoms with E-state index in [1.54, 1.807) is 0 Å². The van der Waals surface area contributed by atoms with Gasteiger partial charge in [0.15, 0.2) is 0 Å². The van der Waals surface area contributed by atoms with Crippen molar-refractivity contribution in [3.8, 4) is 0 Å². The van der Waals surface area contributed by atoms with Crippen LogP contribution in [0.4, 0.5) is 5.82 Å². The summed E-state index contributed by atoms with van der Waals surface area (Å²) in [5.74, 6) is 0.226. The SMILES string of the molecule is CCC1(C)CCN(C(=O)c2cncc(N)n2)CC1. The molecule has 0 unspecified atom stereocenters. The van der Waals surface area contributed by atoms with Gasteiger partial charge in [0.25, 0.3) is 5.91 Å². The number of hydrogen-bond acceptors (Lipinski definition) is 4. The highest BCUT2D eigenvalue weighted by Gasteiger charge is 2.31. The van der Waals surface area contributed by atoms with Crippen LogP contribution < -0.4 is 5.73 Å². The summed E-state index contributed by atoms with van der Waals surface area (Å²) in [5.41, 5.74) is 6.26. The number of amides is 1. The Kier molecular flexibility index (Phi) is 3.50. The van der Waals surface area contributed by atoms with Crippen LogP contribution in [0.5, 0.6) is 0 Å². The van der Waals surface area contributed by atoms with Gasteiger partial charge in [0.1, 0.15) is 11.5 Å². The number of anilines is 1. The van der Waals surface area contributed by atoms with Crippen molar-refractivity contribution in [3.63, 3.8) is 0 Å². The molecule has 98 valence electrons. The fourth-order valence-corrected chi connectivity index (χ4v) is 2.25. The highest BCUT2D eigenvalue weighted by atomic mass is 16.2. The molecule has 0 bridgehead atoms. The molecule has 1 aliphatic rings. The Balaban J connectivity index is 2.04. The highest BCUT2D eigenvalue weighted by Crippen LogP contribution is 2.34. The van der Waals surface area contributed by atoms with Crippen molar-refractivity contribution < 1.29 is 4.79 Å². The van der Waals surface area contributed by atoms with Crippen LogP contribution in [0.3, 0.4) is 0 Å². The second kappa shape index (κ2) is 4.92. The topological polar surface area (TPSA) is 72.1 Å². The van der Waals surface area contributed by atoms with Crippen LogP contribution in [0.1, 0.15) is 43.6 Å². The zero-order chi connectivity index (χ0) is 13.2. The average molecular weight is 248 g/mol. The van der Waals surface area contributed by atoms with Crippen molar-refractivity contribution in [1.29, 1.82) is 0 Å². The van der Waals surface area contributed by atoms with E-state index in [1.165, 1.54) is 12.4 Å². The number of carbonyl (C=O) groups is 1. The Morgan fingerprint density at radius 3 is 2.67 bits per heavy atom. The van der Waals surface area contributed by atoms with Crippen LogP contribution in [0.25, 0.3) is 0 Å². The third-order valence-corrected chi connectivity index (χ3v) is 3.98. The molecule has 5 nitrogen and oxygen atoms in total. The summed E-state index contributed by atoms with van der Waals surface area (Å²) in [4.78, 5) is 22.0. The van der Waals surface area contributed by atoms with E-state index in [0.717, 1.165) is 32.4 Å². The van der Waals surface area contributed by atoms with Gasteiger partial charge in [-0.1, -0.05) is 20.3 Å². The lowest BCUT2D eigenvalue weighted by Gasteiger charge is -2.38. The van der Waals surface area contributed by atoms with Gasteiger partial charge in [0.05, 0.1) is 12.4 Å². The van der Waals surface area contributed by atoms with Crippen molar-refractivity contribution in [3.05, 3.63) is 18.1 Å². The first-order chi connectivity index (χ1) is 8.54. The first-order valence-electron chi connectivity index (χ1n) is 6.41. The standard InChI is InChI=1S/C13H20N4O/c1-3-13(2)4-6-17(7-5-13)12(18)10-8-15-9-11(14)16-10/h8-9H,3-7H2,1-2H3,(H2,14,16). The lowest BCUT2D eigenvalue weighted by atomic mass is 9.78. The highest BCUT2D eigenvalue weighted by molar-refractivity contribution is 5.92. The molecule has 0 atom stereocenters. The van der Waals surface area contributed by atoms with E-state index in [1.807, 2.05) is 4.90 Å². The molecule has 1 amide bonds. The van der Waals surface area contributed by atoms with Crippen LogP contribution in [-0.2, 0) is 0 Å². The van der Waals surface area contributed by atoms with Gasteiger partial charge in [-0.15, -0.1) is 0 Å². The summed E-state index contributed by atoms with van der Waals surface area (Å²) >= 11 is 0. The van der Waals surface area contributed by atoms with Crippen molar-refractivity contribution >= 4 is 11.7 Å². The van der Waals surface area contributed by atoms with Crippen molar-refractivity contribution in [2.75, 3.05) is 18.8 Å². The van der Waals surface area contributed by atoms with Gasteiger partial charge >= 0.3 is 0 Å². The molecule has 1 fully saturated rings. The van der Waals surface area contributed by atoms with E-state index in [2.05, 4.69) is 23.8 Å². The Bertz CT molecular complexity index is 438. The molecule has 1 aromatic heterocycles. The lowest BCUT2D eigenvalue weighted by Crippen LogP contribution is -2.42. The largest absolute Gasteiger partial charge is 0.382 e. The maximum Gasteiger partial charge on any atom is 0.274 e. The summed E-state index contributed by atoms with van der Waals surface area (Å²) in [7, 11) is 0. The van der Waals surface area contributed by atoms with E-state index in [0.29, 0.717) is 11.1 Å². The number of nitrogens with two attached hydrogens (primary N) is 1. The Morgan fingerprint density at radius 1 is 1.44 bits per heavy atom. The summed E-state index contributed by atoms with van der Waals surface area (Å²) in [6.07, 6.45) is 6.18. The van der Waals surface area contributed by atoms with Gasteiger partial charge in [-0.25, -0.2) is 4.98 Å². The molecule has 0 spiro atoms. The van der Waals surface area contributed by atoms with Crippen LogP contribution in [0.15, 0.2) is 12.4 Å². The summed E-state index contributed by atoms with van der Waals surface area (Å²) < 4.78 is 0.